The average molecular weight is 396 g/mol. The molecule has 0 aliphatic heterocycles. The Bertz CT molecular complexity index is 1220. The first kappa shape index (κ1) is 20.3. The molecule has 152 valence electrons. The van der Waals surface area contributed by atoms with E-state index in [1.807, 2.05) is 32.9 Å². The second kappa shape index (κ2) is 7.90. The summed E-state index contributed by atoms with van der Waals surface area (Å²) in [7, 11) is 1.52. The van der Waals surface area contributed by atoms with Crippen molar-refractivity contribution in [2.45, 2.75) is 34.2 Å². The van der Waals surface area contributed by atoms with Crippen molar-refractivity contribution in [1.29, 1.82) is 0 Å². The molecule has 8 heteroatoms. The van der Waals surface area contributed by atoms with Crippen molar-refractivity contribution < 1.29 is 9.53 Å². The van der Waals surface area contributed by atoms with Crippen molar-refractivity contribution in [2.75, 3.05) is 11.9 Å². The molecule has 29 heavy (non-hydrogen) atoms. The number of ether oxygens (including phenoxy) is 1. The van der Waals surface area contributed by atoms with Crippen molar-refractivity contribution >= 4 is 22.6 Å². The van der Waals surface area contributed by atoms with Crippen LogP contribution in [-0.2, 0) is 18.4 Å². The number of anilines is 1. The smallest absolute Gasteiger partial charge is 0.332 e. The largest absolute Gasteiger partial charge is 0.493 e. The van der Waals surface area contributed by atoms with Crippen LogP contribution in [-0.4, -0.2) is 26.6 Å². The van der Waals surface area contributed by atoms with E-state index in [1.165, 1.54) is 11.6 Å². The molecule has 0 saturated carbocycles. The van der Waals surface area contributed by atoms with Crippen LogP contribution in [0, 0.1) is 20.8 Å². The van der Waals surface area contributed by atoms with Crippen LogP contribution in [0.1, 0.15) is 23.6 Å². The van der Waals surface area contributed by atoms with Crippen molar-refractivity contribution in [3.8, 4) is 5.75 Å². The van der Waals surface area contributed by atoms with E-state index in [0.29, 0.717) is 23.6 Å². The van der Waals surface area contributed by atoms with Crippen LogP contribution in [0.2, 0.25) is 0 Å². The average Bonchev–Trinajstić information content (AvgIpc) is 2.68. The number of amides is 1. The molecule has 0 aliphatic carbocycles. The maximum absolute atomic E-state index is 13.1. The molecule has 0 atom stereocenters. The number of nitrogens with zero attached hydrogens (tertiary/aromatic N) is 3. The molecular weight excluding hydrogens is 372 g/mol. The number of carbonyl (C=O) groups excluding carboxylic acids is 1. The highest BCUT2D eigenvalue weighted by molar-refractivity contribution is 5.91. The van der Waals surface area contributed by atoms with E-state index >= 15 is 0 Å². The van der Waals surface area contributed by atoms with Crippen LogP contribution in [0.15, 0.2) is 34.0 Å². The Morgan fingerprint density at radius 2 is 1.90 bits per heavy atom. The molecule has 0 unspecified atom stereocenters. The van der Waals surface area contributed by atoms with Gasteiger partial charge in [-0.1, -0.05) is 12.1 Å². The third-order valence-corrected chi connectivity index (χ3v) is 4.95. The molecule has 1 amide bonds. The number of pyridine rings is 1. The van der Waals surface area contributed by atoms with Gasteiger partial charge in [-0.05, 0) is 44.9 Å². The third kappa shape index (κ3) is 3.65. The van der Waals surface area contributed by atoms with Gasteiger partial charge in [0.1, 0.15) is 17.7 Å². The highest BCUT2D eigenvalue weighted by Gasteiger charge is 2.19. The Morgan fingerprint density at radius 1 is 1.17 bits per heavy atom. The fraction of sp³-hybridized carbons (Fsp3) is 0.333. The minimum Gasteiger partial charge on any atom is -0.493 e. The molecular formula is C21H24N4O4. The van der Waals surface area contributed by atoms with Crippen LogP contribution in [0.25, 0.3) is 11.0 Å². The van der Waals surface area contributed by atoms with Gasteiger partial charge in [-0.25, -0.2) is 14.3 Å². The molecule has 3 aromatic rings. The normalized spacial score (nSPS) is 10.9. The number of hydrogen-bond donors (Lipinski definition) is 1. The van der Waals surface area contributed by atoms with Crippen LogP contribution in [0.3, 0.4) is 0 Å². The highest BCUT2D eigenvalue weighted by atomic mass is 16.5. The van der Waals surface area contributed by atoms with Gasteiger partial charge < -0.3 is 10.1 Å². The van der Waals surface area contributed by atoms with Crippen molar-refractivity contribution in [1.82, 2.24) is 14.1 Å². The second-order valence-electron chi connectivity index (χ2n) is 6.93. The van der Waals surface area contributed by atoms with Gasteiger partial charge in [-0.3, -0.25) is 14.2 Å². The van der Waals surface area contributed by atoms with Gasteiger partial charge in [0, 0.05) is 24.5 Å². The lowest BCUT2D eigenvalue weighted by Crippen LogP contribution is -2.42. The lowest BCUT2D eigenvalue weighted by molar-refractivity contribution is -0.116. The van der Waals surface area contributed by atoms with Gasteiger partial charge >= 0.3 is 5.69 Å². The second-order valence-corrected chi connectivity index (χ2v) is 6.93. The summed E-state index contributed by atoms with van der Waals surface area (Å²) < 4.78 is 7.80. The van der Waals surface area contributed by atoms with E-state index in [4.69, 9.17) is 4.74 Å². The van der Waals surface area contributed by atoms with Crippen LogP contribution in [0.4, 0.5) is 5.69 Å². The molecule has 2 heterocycles. The van der Waals surface area contributed by atoms with Gasteiger partial charge in [-0.2, -0.15) is 0 Å². The summed E-state index contributed by atoms with van der Waals surface area (Å²) in [5.41, 5.74) is 2.30. The number of fused-ring (bicyclic) bond motifs is 1. The maximum Gasteiger partial charge on any atom is 0.332 e. The minimum absolute atomic E-state index is 0.188. The quantitative estimate of drug-likeness (QED) is 0.712. The molecule has 2 aromatic heterocycles. The number of hydrogen-bond acceptors (Lipinski definition) is 5. The monoisotopic (exact) mass is 396 g/mol. The summed E-state index contributed by atoms with van der Waals surface area (Å²) >= 11 is 0. The third-order valence-electron chi connectivity index (χ3n) is 4.95. The molecule has 1 aromatic carbocycles. The molecule has 0 saturated heterocycles. The number of aryl methyl sites for hydroxylation is 3. The molecule has 0 bridgehead atoms. The van der Waals surface area contributed by atoms with Gasteiger partial charge in [0.25, 0.3) is 5.56 Å². The predicted molar refractivity (Wildman–Crippen MR) is 112 cm³/mol. The Morgan fingerprint density at radius 3 is 2.59 bits per heavy atom. The molecule has 0 spiro atoms. The van der Waals surface area contributed by atoms with Gasteiger partial charge in [0.15, 0.2) is 5.65 Å². The number of aromatic nitrogens is 3. The lowest BCUT2D eigenvalue weighted by Gasteiger charge is -2.15. The molecule has 0 fully saturated rings. The Balaban J connectivity index is 2.09. The SMILES string of the molecule is CCOc1c(C)cnc2c1c(=O)n(CC(=O)Nc1cccc(C)c1C)c(=O)n2C. The number of benzene rings is 1. The van der Waals surface area contributed by atoms with Gasteiger partial charge in [0.2, 0.25) is 5.91 Å². The van der Waals surface area contributed by atoms with Crippen molar-refractivity contribution in [3.63, 3.8) is 0 Å². The maximum atomic E-state index is 13.1. The first-order valence-electron chi connectivity index (χ1n) is 9.34. The summed E-state index contributed by atoms with van der Waals surface area (Å²) in [6.45, 7) is 7.38. The van der Waals surface area contributed by atoms with E-state index < -0.39 is 23.7 Å². The Kier molecular flexibility index (Phi) is 5.54. The number of rotatable bonds is 5. The molecule has 0 radical (unpaired) electrons. The fourth-order valence-electron chi connectivity index (χ4n) is 3.21. The fourth-order valence-corrected chi connectivity index (χ4v) is 3.21. The molecule has 3 rings (SSSR count). The Labute approximate surface area is 167 Å². The summed E-state index contributed by atoms with van der Waals surface area (Å²) in [4.78, 5) is 42.7. The Hall–Kier alpha value is -3.42. The van der Waals surface area contributed by atoms with E-state index in [2.05, 4.69) is 10.3 Å². The zero-order valence-electron chi connectivity index (χ0n) is 17.2. The zero-order valence-corrected chi connectivity index (χ0v) is 17.2. The van der Waals surface area contributed by atoms with Crippen LogP contribution in [0.5, 0.6) is 5.75 Å². The molecule has 8 nitrogen and oxygen atoms in total. The lowest BCUT2D eigenvalue weighted by atomic mass is 10.1. The first-order chi connectivity index (χ1) is 13.8. The molecule has 0 aliphatic rings. The number of carbonyl (C=O) groups is 1. The molecule has 1 N–H and O–H groups in total. The van der Waals surface area contributed by atoms with Crippen LogP contribution < -0.4 is 21.3 Å². The standard InChI is InChI=1S/C21H24N4O4/c1-6-29-18-13(3)10-22-19-17(18)20(27)25(21(28)24(19)5)11-16(26)23-15-9-7-8-12(2)14(15)4/h7-10H,6,11H2,1-5H3,(H,23,26). The van der Waals surface area contributed by atoms with Gasteiger partial charge in [-0.15, -0.1) is 0 Å². The summed E-state index contributed by atoms with van der Waals surface area (Å²) in [5.74, 6) is -0.0855. The summed E-state index contributed by atoms with van der Waals surface area (Å²) in [6, 6.07) is 5.56. The summed E-state index contributed by atoms with van der Waals surface area (Å²) in [5, 5.41) is 2.97. The topological polar surface area (TPSA) is 95.2 Å². The zero-order chi connectivity index (χ0) is 21.3. The first-order valence-corrected chi connectivity index (χ1v) is 9.34. The highest BCUT2D eigenvalue weighted by Crippen LogP contribution is 2.24. The minimum atomic E-state index is -0.614. The van der Waals surface area contributed by atoms with E-state index in [9.17, 15) is 14.4 Å². The van der Waals surface area contributed by atoms with Crippen LogP contribution >= 0.6 is 0 Å². The van der Waals surface area contributed by atoms with E-state index in [0.717, 1.165) is 15.7 Å². The summed E-state index contributed by atoms with van der Waals surface area (Å²) in [6.07, 6.45) is 1.56. The number of nitrogens with one attached hydrogen (secondary N) is 1. The van der Waals surface area contributed by atoms with Crippen molar-refractivity contribution in [3.05, 3.63) is 61.9 Å². The van der Waals surface area contributed by atoms with E-state index in [-0.39, 0.29) is 11.0 Å². The predicted octanol–water partition coefficient (Wildman–Crippen LogP) is 2.06. The van der Waals surface area contributed by atoms with Crippen molar-refractivity contribution in [2.24, 2.45) is 7.05 Å². The van der Waals surface area contributed by atoms with E-state index in [1.54, 1.807) is 19.2 Å². The van der Waals surface area contributed by atoms with Gasteiger partial charge in [0.05, 0.1) is 6.61 Å².